The fourth-order valence-electron chi connectivity index (χ4n) is 3.26. The Hall–Kier alpha value is -3.20. The number of sulfone groups is 1. The van der Waals surface area contributed by atoms with Gasteiger partial charge >= 0.3 is 0 Å². The molecule has 0 unspecified atom stereocenters. The Bertz CT molecular complexity index is 1230. The molecule has 29 heavy (non-hydrogen) atoms. The molecule has 2 aromatic carbocycles. The van der Waals surface area contributed by atoms with E-state index in [9.17, 15) is 18.0 Å². The lowest BCUT2D eigenvalue weighted by Gasteiger charge is -2.38. The quantitative estimate of drug-likeness (QED) is 0.621. The molecule has 0 N–H and O–H groups in total. The van der Waals surface area contributed by atoms with Crippen molar-refractivity contribution in [3.05, 3.63) is 65.2 Å². The number of fused-ring (bicyclic) bond motifs is 1. The molecular formula is C20H19N3O5S. The number of hydrogen-bond acceptors (Lipinski definition) is 6. The molecule has 2 heterocycles. The summed E-state index contributed by atoms with van der Waals surface area (Å²) in [4.78, 5) is 30.8. The standard InChI is InChI=1S/C20H19N3O5S/c1-28-14-6-8-15(9-7-14)29(26,27)16-10-22(11-16)19(24)12-23-13-21-18-5-3-2-4-17(18)20(23)25/h2-9,13,16H,10-12H2,1H3. The number of nitrogens with zero attached hydrogens (tertiary/aromatic N) is 3. The van der Waals surface area contributed by atoms with Crippen molar-refractivity contribution in [1.82, 2.24) is 14.5 Å². The van der Waals surface area contributed by atoms with Crippen LogP contribution in [-0.2, 0) is 21.2 Å². The molecule has 1 aliphatic rings. The molecule has 8 nitrogen and oxygen atoms in total. The molecule has 1 saturated heterocycles. The van der Waals surface area contributed by atoms with Crippen LogP contribution >= 0.6 is 0 Å². The van der Waals surface area contributed by atoms with Crippen LogP contribution in [0, 0.1) is 0 Å². The highest BCUT2D eigenvalue weighted by Gasteiger charge is 2.40. The number of amides is 1. The first-order chi connectivity index (χ1) is 13.9. The average Bonchev–Trinajstić information content (AvgIpc) is 2.69. The van der Waals surface area contributed by atoms with Gasteiger partial charge in [-0.1, -0.05) is 12.1 Å². The maximum absolute atomic E-state index is 12.7. The van der Waals surface area contributed by atoms with Crippen LogP contribution in [0.15, 0.2) is 64.5 Å². The topological polar surface area (TPSA) is 98.6 Å². The predicted octanol–water partition coefficient (Wildman–Crippen LogP) is 1.09. The van der Waals surface area contributed by atoms with Crippen LogP contribution in [0.25, 0.3) is 10.9 Å². The van der Waals surface area contributed by atoms with Gasteiger partial charge in [-0.05, 0) is 36.4 Å². The Balaban J connectivity index is 1.44. The minimum absolute atomic E-state index is 0.100. The minimum atomic E-state index is -3.53. The zero-order valence-corrected chi connectivity index (χ0v) is 16.5. The van der Waals surface area contributed by atoms with Gasteiger partial charge in [-0.25, -0.2) is 13.4 Å². The second-order valence-corrected chi connectivity index (χ2v) is 9.06. The van der Waals surface area contributed by atoms with E-state index >= 15 is 0 Å². The molecule has 0 bridgehead atoms. The van der Waals surface area contributed by atoms with Gasteiger partial charge in [0.1, 0.15) is 17.5 Å². The summed E-state index contributed by atoms with van der Waals surface area (Å²) in [5.41, 5.74) is 0.266. The van der Waals surface area contributed by atoms with E-state index in [4.69, 9.17) is 4.74 Å². The fourth-order valence-corrected chi connectivity index (χ4v) is 4.91. The summed E-state index contributed by atoms with van der Waals surface area (Å²) < 4.78 is 31.7. The maximum atomic E-state index is 12.7. The second kappa shape index (κ2) is 7.32. The van der Waals surface area contributed by atoms with Crippen molar-refractivity contribution in [2.45, 2.75) is 16.7 Å². The molecule has 0 atom stereocenters. The summed E-state index contributed by atoms with van der Waals surface area (Å²) in [7, 11) is -2.02. The smallest absolute Gasteiger partial charge is 0.261 e. The lowest BCUT2D eigenvalue weighted by molar-refractivity contribution is -0.135. The van der Waals surface area contributed by atoms with E-state index in [1.807, 2.05) is 0 Å². The molecule has 0 saturated carbocycles. The molecule has 1 amide bonds. The van der Waals surface area contributed by atoms with Gasteiger partial charge in [0.25, 0.3) is 5.56 Å². The van der Waals surface area contributed by atoms with Crippen LogP contribution in [0.3, 0.4) is 0 Å². The Morgan fingerprint density at radius 1 is 1.14 bits per heavy atom. The molecular weight excluding hydrogens is 394 g/mol. The largest absolute Gasteiger partial charge is 0.497 e. The van der Waals surface area contributed by atoms with Crippen LogP contribution in [0.5, 0.6) is 5.75 Å². The summed E-state index contributed by atoms with van der Waals surface area (Å²) in [5.74, 6) is 0.258. The van der Waals surface area contributed by atoms with E-state index in [1.165, 1.54) is 35.0 Å². The number of carbonyl (C=O) groups excluding carboxylic acids is 1. The van der Waals surface area contributed by atoms with Crippen LogP contribution < -0.4 is 10.3 Å². The van der Waals surface area contributed by atoms with E-state index in [0.29, 0.717) is 16.7 Å². The Labute approximate surface area is 167 Å². The summed E-state index contributed by atoms with van der Waals surface area (Å²) in [6.45, 7) is 0.0257. The molecule has 1 fully saturated rings. The highest BCUT2D eigenvalue weighted by Crippen LogP contribution is 2.25. The number of benzene rings is 2. The second-order valence-electron chi connectivity index (χ2n) is 6.84. The number of para-hydroxylation sites is 1. The summed E-state index contributed by atoms with van der Waals surface area (Å²) in [6, 6.07) is 13.1. The highest BCUT2D eigenvalue weighted by molar-refractivity contribution is 7.92. The van der Waals surface area contributed by atoms with Crippen molar-refractivity contribution in [1.29, 1.82) is 0 Å². The van der Waals surface area contributed by atoms with Crippen molar-refractivity contribution in [3.8, 4) is 5.75 Å². The molecule has 1 aliphatic heterocycles. The monoisotopic (exact) mass is 413 g/mol. The maximum Gasteiger partial charge on any atom is 0.261 e. The number of methoxy groups -OCH3 is 1. The number of carbonyl (C=O) groups is 1. The zero-order chi connectivity index (χ0) is 20.6. The number of aromatic nitrogens is 2. The van der Waals surface area contributed by atoms with Crippen molar-refractivity contribution >= 4 is 26.6 Å². The van der Waals surface area contributed by atoms with Gasteiger partial charge in [0.15, 0.2) is 9.84 Å². The number of hydrogen-bond donors (Lipinski definition) is 0. The fraction of sp³-hybridized carbons (Fsp3) is 0.250. The van der Waals surface area contributed by atoms with E-state index < -0.39 is 15.1 Å². The van der Waals surface area contributed by atoms with Gasteiger partial charge in [0, 0.05) is 13.1 Å². The van der Waals surface area contributed by atoms with Crippen molar-refractivity contribution in [3.63, 3.8) is 0 Å². The zero-order valence-electron chi connectivity index (χ0n) is 15.7. The van der Waals surface area contributed by atoms with Crippen LogP contribution in [0.2, 0.25) is 0 Å². The van der Waals surface area contributed by atoms with Crippen LogP contribution in [0.4, 0.5) is 0 Å². The van der Waals surface area contributed by atoms with Gasteiger partial charge in [0.2, 0.25) is 5.91 Å². The molecule has 3 aromatic rings. The van der Waals surface area contributed by atoms with Crippen molar-refractivity contribution < 1.29 is 17.9 Å². The lowest BCUT2D eigenvalue weighted by Crippen LogP contribution is -2.57. The van der Waals surface area contributed by atoms with Crippen molar-refractivity contribution in [2.75, 3.05) is 20.2 Å². The first-order valence-electron chi connectivity index (χ1n) is 9.00. The molecule has 0 aliphatic carbocycles. The lowest BCUT2D eigenvalue weighted by atomic mass is 10.2. The molecule has 0 spiro atoms. The number of likely N-dealkylation sites (tertiary alicyclic amines) is 1. The minimum Gasteiger partial charge on any atom is -0.497 e. The van der Waals surface area contributed by atoms with Gasteiger partial charge < -0.3 is 9.64 Å². The van der Waals surface area contributed by atoms with Gasteiger partial charge in [0.05, 0.1) is 29.2 Å². The van der Waals surface area contributed by atoms with E-state index in [-0.39, 0.29) is 36.0 Å². The van der Waals surface area contributed by atoms with Gasteiger partial charge in [-0.15, -0.1) is 0 Å². The van der Waals surface area contributed by atoms with Crippen LogP contribution in [0.1, 0.15) is 0 Å². The third-order valence-corrected chi connectivity index (χ3v) is 7.17. The number of rotatable bonds is 5. The first kappa shape index (κ1) is 19.1. The summed E-state index contributed by atoms with van der Waals surface area (Å²) in [6.07, 6.45) is 1.34. The summed E-state index contributed by atoms with van der Waals surface area (Å²) >= 11 is 0. The Morgan fingerprint density at radius 3 is 2.52 bits per heavy atom. The van der Waals surface area contributed by atoms with Gasteiger partial charge in [-0.2, -0.15) is 0 Å². The Kier molecular flexibility index (Phi) is 4.83. The molecule has 150 valence electrons. The highest BCUT2D eigenvalue weighted by atomic mass is 32.2. The van der Waals surface area contributed by atoms with Crippen molar-refractivity contribution in [2.24, 2.45) is 0 Å². The first-order valence-corrected chi connectivity index (χ1v) is 10.5. The van der Waals surface area contributed by atoms with Gasteiger partial charge in [-0.3, -0.25) is 14.2 Å². The van der Waals surface area contributed by atoms with Crippen LogP contribution in [-0.4, -0.2) is 54.2 Å². The summed E-state index contributed by atoms with van der Waals surface area (Å²) in [5, 5.41) is -0.224. The third kappa shape index (κ3) is 3.49. The number of ether oxygens (including phenoxy) is 1. The SMILES string of the molecule is COc1ccc(S(=O)(=O)C2CN(C(=O)Cn3cnc4ccccc4c3=O)C2)cc1. The Morgan fingerprint density at radius 2 is 1.83 bits per heavy atom. The normalized spacial score (nSPS) is 14.6. The molecule has 0 radical (unpaired) electrons. The molecule has 9 heteroatoms. The van der Waals surface area contributed by atoms with E-state index in [1.54, 1.807) is 36.4 Å². The predicted molar refractivity (Wildman–Crippen MR) is 107 cm³/mol. The molecule has 4 rings (SSSR count). The third-order valence-electron chi connectivity index (χ3n) is 5.06. The van der Waals surface area contributed by atoms with E-state index in [2.05, 4.69) is 4.98 Å². The molecule has 1 aromatic heterocycles. The van der Waals surface area contributed by atoms with E-state index in [0.717, 1.165) is 0 Å². The average molecular weight is 413 g/mol.